The molecule has 0 aliphatic rings. The number of aryl methyl sites for hydroxylation is 1. The second-order valence-electron chi connectivity index (χ2n) is 4.35. The molecule has 0 saturated carbocycles. The number of ether oxygens (including phenoxy) is 1. The number of non-ortho nitro benzene ring substituents is 1. The summed E-state index contributed by atoms with van der Waals surface area (Å²) in [6, 6.07) is 4.90. The topological polar surface area (TPSA) is 116 Å². The third kappa shape index (κ3) is 3.26. The maximum Gasteiger partial charge on any atom is 0.338 e. The predicted molar refractivity (Wildman–Crippen MR) is 75.6 cm³/mol. The van der Waals surface area contributed by atoms with Gasteiger partial charge in [0.05, 0.1) is 17.6 Å². The van der Waals surface area contributed by atoms with Gasteiger partial charge >= 0.3 is 5.97 Å². The lowest BCUT2D eigenvalue weighted by atomic mass is 10.1. The zero-order chi connectivity index (χ0) is 16.3. The molecule has 1 N–H and O–H groups in total. The van der Waals surface area contributed by atoms with Crippen molar-refractivity contribution >= 4 is 23.4 Å². The third-order valence-electron chi connectivity index (χ3n) is 2.77. The van der Waals surface area contributed by atoms with Gasteiger partial charge in [-0.05, 0) is 6.07 Å². The van der Waals surface area contributed by atoms with E-state index in [1.807, 2.05) is 0 Å². The molecule has 0 spiro atoms. The zero-order valence-electron chi connectivity index (χ0n) is 11.8. The number of nitrogens with zero attached hydrogens (tertiary/aromatic N) is 3. The summed E-state index contributed by atoms with van der Waals surface area (Å²) in [7, 11) is 2.83. The Morgan fingerprint density at radius 2 is 2.00 bits per heavy atom. The number of amides is 1. The highest BCUT2D eigenvalue weighted by Crippen LogP contribution is 2.19. The van der Waals surface area contributed by atoms with Crippen molar-refractivity contribution in [2.24, 2.45) is 7.05 Å². The van der Waals surface area contributed by atoms with Crippen molar-refractivity contribution < 1.29 is 19.2 Å². The summed E-state index contributed by atoms with van der Waals surface area (Å²) in [6.07, 6.45) is 1.63. The van der Waals surface area contributed by atoms with E-state index in [0.717, 1.165) is 19.2 Å². The summed E-state index contributed by atoms with van der Waals surface area (Å²) >= 11 is 0. The first-order valence-corrected chi connectivity index (χ1v) is 6.09. The highest BCUT2D eigenvalue weighted by molar-refractivity contribution is 6.05. The molecule has 1 heterocycles. The van der Waals surface area contributed by atoms with E-state index in [1.165, 1.54) is 10.7 Å². The summed E-state index contributed by atoms with van der Waals surface area (Å²) in [5.74, 6) is -1.10. The fourth-order valence-corrected chi connectivity index (χ4v) is 1.75. The molecule has 22 heavy (non-hydrogen) atoms. The van der Waals surface area contributed by atoms with Crippen molar-refractivity contribution in [3.05, 3.63) is 51.7 Å². The standard InChI is InChI=1S/C13H12N4O5/c1-16-4-3-11(15-16)14-12(18)8-5-9(13(19)22-2)7-10(6-8)17(20)21/h3-7H,1-2H3,(H,14,15,18). The number of hydrogen-bond donors (Lipinski definition) is 1. The Balaban J connectivity index is 2.36. The number of benzene rings is 1. The highest BCUT2D eigenvalue weighted by Gasteiger charge is 2.18. The number of methoxy groups -OCH3 is 1. The van der Waals surface area contributed by atoms with Crippen LogP contribution >= 0.6 is 0 Å². The van der Waals surface area contributed by atoms with Crippen molar-refractivity contribution in [2.45, 2.75) is 0 Å². The fraction of sp³-hybridized carbons (Fsp3) is 0.154. The molecule has 0 bridgehead atoms. The number of nitrogens with one attached hydrogen (secondary N) is 1. The molecule has 1 amide bonds. The van der Waals surface area contributed by atoms with Crippen LogP contribution in [0.5, 0.6) is 0 Å². The Morgan fingerprint density at radius 3 is 2.55 bits per heavy atom. The van der Waals surface area contributed by atoms with Crippen LogP contribution in [0.3, 0.4) is 0 Å². The Labute approximate surface area is 124 Å². The van der Waals surface area contributed by atoms with Gasteiger partial charge in [-0.15, -0.1) is 0 Å². The van der Waals surface area contributed by atoms with Crippen molar-refractivity contribution in [2.75, 3.05) is 12.4 Å². The van der Waals surface area contributed by atoms with Crippen LogP contribution in [0.25, 0.3) is 0 Å². The number of nitro benzene ring substituents is 1. The van der Waals surface area contributed by atoms with Crippen molar-refractivity contribution in [1.29, 1.82) is 0 Å². The molecule has 0 aliphatic carbocycles. The number of rotatable bonds is 4. The minimum absolute atomic E-state index is 0.0414. The van der Waals surface area contributed by atoms with Crippen molar-refractivity contribution in [1.82, 2.24) is 9.78 Å². The predicted octanol–water partition coefficient (Wildman–Crippen LogP) is 1.37. The molecule has 0 fully saturated rings. The van der Waals surface area contributed by atoms with Gasteiger partial charge < -0.3 is 10.1 Å². The average molecular weight is 304 g/mol. The number of anilines is 1. The summed E-state index contributed by atoms with van der Waals surface area (Å²) in [5.41, 5.74) is -0.503. The number of hydrogen-bond acceptors (Lipinski definition) is 6. The van der Waals surface area contributed by atoms with E-state index in [9.17, 15) is 19.7 Å². The van der Waals surface area contributed by atoms with Gasteiger partial charge in [-0.1, -0.05) is 0 Å². The second kappa shape index (κ2) is 6.04. The molecular formula is C13H12N4O5. The molecule has 0 radical (unpaired) electrons. The van der Waals surface area contributed by atoms with Crippen LogP contribution in [0.1, 0.15) is 20.7 Å². The molecule has 0 atom stereocenters. The van der Waals surface area contributed by atoms with Crippen LogP contribution in [0, 0.1) is 10.1 Å². The number of carbonyl (C=O) groups is 2. The summed E-state index contributed by atoms with van der Waals surface area (Å²) < 4.78 is 6.01. The number of nitro groups is 1. The summed E-state index contributed by atoms with van der Waals surface area (Å²) in [4.78, 5) is 33.9. The van der Waals surface area contributed by atoms with Gasteiger partial charge in [-0.25, -0.2) is 4.79 Å². The molecule has 9 nitrogen and oxygen atoms in total. The lowest BCUT2D eigenvalue weighted by molar-refractivity contribution is -0.384. The Hall–Kier alpha value is -3.23. The fourth-order valence-electron chi connectivity index (χ4n) is 1.75. The van der Waals surface area contributed by atoms with Crippen LogP contribution < -0.4 is 5.32 Å². The summed E-state index contributed by atoms with van der Waals surface area (Å²) in [5, 5.41) is 17.4. The second-order valence-corrected chi connectivity index (χ2v) is 4.35. The smallest absolute Gasteiger partial charge is 0.338 e. The first-order valence-electron chi connectivity index (χ1n) is 6.09. The molecule has 0 saturated heterocycles. The van der Waals surface area contributed by atoms with Gasteiger partial charge in [0.1, 0.15) is 0 Å². The van der Waals surface area contributed by atoms with Gasteiger partial charge in [-0.2, -0.15) is 5.10 Å². The maximum absolute atomic E-state index is 12.1. The number of esters is 1. The Morgan fingerprint density at radius 1 is 1.32 bits per heavy atom. The lowest BCUT2D eigenvalue weighted by Crippen LogP contribution is -2.14. The SMILES string of the molecule is COC(=O)c1cc(C(=O)Nc2ccn(C)n2)cc([N+](=O)[O-])c1. The van der Waals surface area contributed by atoms with E-state index >= 15 is 0 Å². The van der Waals surface area contributed by atoms with Gasteiger partial charge in [0.25, 0.3) is 11.6 Å². The lowest BCUT2D eigenvalue weighted by Gasteiger charge is -2.05. The van der Waals surface area contributed by atoms with E-state index in [2.05, 4.69) is 15.2 Å². The van der Waals surface area contributed by atoms with E-state index in [1.54, 1.807) is 19.3 Å². The van der Waals surface area contributed by atoms with Gasteiger partial charge in [0.15, 0.2) is 5.82 Å². The van der Waals surface area contributed by atoms with Crippen LogP contribution in [0.2, 0.25) is 0 Å². The molecular weight excluding hydrogens is 292 g/mol. The molecule has 114 valence electrons. The molecule has 0 aliphatic heterocycles. The minimum atomic E-state index is -0.768. The van der Waals surface area contributed by atoms with Crippen LogP contribution in [-0.2, 0) is 11.8 Å². The van der Waals surface area contributed by atoms with E-state index in [-0.39, 0.29) is 16.8 Å². The number of aromatic nitrogens is 2. The normalized spacial score (nSPS) is 10.1. The maximum atomic E-state index is 12.1. The third-order valence-corrected chi connectivity index (χ3v) is 2.77. The quantitative estimate of drug-likeness (QED) is 0.518. The van der Waals surface area contributed by atoms with Crippen LogP contribution in [0.4, 0.5) is 11.5 Å². The Kier molecular flexibility index (Phi) is 4.16. The van der Waals surface area contributed by atoms with E-state index < -0.39 is 16.8 Å². The molecule has 9 heteroatoms. The van der Waals surface area contributed by atoms with Gasteiger partial charge in [0.2, 0.25) is 0 Å². The largest absolute Gasteiger partial charge is 0.465 e. The Bertz CT molecular complexity index is 753. The highest BCUT2D eigenvalue weighted by atomic mass is 16.6. The molecule has 2 rings (SSSR count). The van der Waals surface area contributed by atoms with Crippen LogP contribution in [0.15, 0.2) is 30.5 Å². The molecule has 1 aromatic carbocycles. The van der Waals surface area contributed by atoms with Crippen LogP contribution in [-0.4, -0.2) is 33.7 Å². The average Bonchev–Trinajstić information content (AvgIpc) is 2.90. The molecule has 2 aromatic rings. The first kappa shape index (κ1) is 15.2. The summed E-state index contributed by atoms with van der Waals surface area (Å²) in [6.45, 7) is 0. The van der Waals surface area contributed by atoms with Gasteiger partial charge in [0, 0.05) is 37.0 Å². The minimum Gasteiger partial charge on any atom is -0.465 e. The van der Waals surface area contributed by atoms with Gasteiger partial charge in [-0.3, -0.25) is 19.6 Å². The zero-order valence-corrected chi connectivity index (χ0v) is 11.8. The molecule has 0 unspecified atom stereocenters. The van der Waals surface area contributed by atoms with E-state index in [0.29, 0.717) is 5.82 Å². The number of carbonyl (C=O) groups excluding carboxylic acids is 2. The molecule has 1 aromatic heterocycles. The van der Waals surface area contributed by atoms with E-state index in [4.69, 9.17) is 0 Å². The first-order chi connectivity index (χ1) is 10.4. The monoisotopic (exact) mass is 304 g/mol. The van der Waals surface area contributed by atoms with Crippen molar-refractivity contribution in [3.8, 4) is 0 Å². The van der Waals surface area contributed by atoms with Crippen molar-refractivity contribution in [3.63, 3.8) is 0 Å².